The van der Waals surface area contributed by atoms with Crippen molar-refractivity contribution in [1.29, 1.82) is 0 Å². The molecule has 2 fully saturated rings. The van der Waals surface area contributed by atoms with Crippen molar-refractivity contribution in [2.75, 3.05) is 39.4 Å². The third-order valence-corrected chi connectivity index (χ3v) is 5.40. The van der Waals surface area contributed by atoms with Crippen LogP contribution in [-0.2, 0) is 9.59 Å². The first-order chi connectivity index (χ1) is 13.2. The quantitative estimate of drug-likeness (QED) is 0.768. The molecule has 0 atom stereocenters. The van der Waals surface area contributed by atoms with Crippen LogP contribution in [0.2, 0.25) is 0 Å². The molecular formula is C21H30N2O4. The van der Waals surface area contributed by atoms with Gasteiger partial charge in [-0.05, 0) is 31.9 Å². The van der Waals surface area contributed by atoms with Crippen molar-refractivity contribution in [3.8, 4) is 11.5 Å². The molecule has 6 heteroatoms. The SMILES string of the molecule is CCOc1ccccc1OCC(=O)N1CCN(C(=O)C2CCCCC2)CC1. The van der Waals surface area contributed by atoms with E-state index in [4.69, 9.17) is 9.47 Å². The summed E-state index contributed by atoms with van der Waals surface area (Å²) < 4.78 is 11.2. The summed E-state index contributed by atoms with van der Waals surface area (Å²) in [5, 5.41) is 0. The van der Waals surface area contributed by atoms with Gasteiger partial charge in [0.1, 0.15) is 0 Å². The van der Waals surface area contributed by atoms with E-state index in [2.05, 4.69) is 0 Å². The molecule has 1 aromatic carbocycles. The first-order valence-corrected chi connectivity index (χ1v) is 10.1. The molecule has 27 heavy (non-hydrogen) atoms. The van der Waals surface area contributed by atoms with Crippen LogP contribution >= 0.6 is 0 Å². The van der Waals surface area contributed by atoms with Gasteiger partial charge in [0.2, 0.25) is 5.91 Å². The van der Waals surface area contributed by atoms with E-state index < -0.39 is 0 Å². The number of carbonyl (C=O) groups is 2. The number of rotatable bonds is 6. The first-order valence-electron chi connectivity index (χ1n) is 10.1. The van der Waals surface area contributed by atoms with Gasteiger partial charge >= 0.3 is 0 Å². The Labute approximate surface area is 161 Å². The Morgan fingerprint density at radius 2 is 1.52 bits per heavy atom. The molecule has 1 saturated carbocycles. The maximum Gasteiger partial charge on any atom is 0.260 e. The summed E-state index contributed by atoms with van der Waals surface area (Å²) in [7, 11) is 0. The molecule has 0 N–H and O–H groups in total. The summed E-state index contributed by atoms with van der Waals surface area (Å²) in [5.74, 6) is 1.66. The summed E-state index contributed by atoms with van der Waals surface area (Å²) in [6.45, 7) is 4.84. The lowest BCUT2D eigenvalue weighted by atomic mass is 9.88. The fourth-order valence-corrected chi connectivity index (χ4v) is 3.86. The zero-order chi connectivity index (χ0) is 19.1. The third-order valence-electron chi connectivity index (χ3n) is 5.40. The van der Waals surface area contributed by atoms with Crippen LogP contribution in [0.15, 0.2) is 24.3 Å². The first kappa shape index (κ1) is 19.5. The smallest absolute Gasteiger partial charge is 0.260 e. The number of hydrogen-bond acceptors (Lipinski definition) is 4. The summed E-state index contributed by atoms with van der Waals surface area (Å²) in [6.07, 6.45) is 5.61. The monoisotopic (exact) mass is 374 g/mol. The molecule has 2 amide bonds. The van der Waals surface area contributed by atoms with Crippen LogP contribution in [0.1, 0.15) is 39.0 Å². The number of benzene rings is 1. The van der Waals surface area contributed by atoms with Crippen molar-refractivity contribution < 1.29 is 19.1 Å². The summed E-state index contributed by atoms with van der Waals surface area (Å²) >= 11 is 0. The number of piperazine rings is 1. The normalized spacial score (nSPS) is 18.3. The molecule has 148 valence electrons. The summed E-state index contributed by atoms with van der Waals surface area (Å²) in [4.78, 5) is 28.8. The van der Waals surface area contributed by atoms with Crippen LogP contribution < -0.4 is 9.47 Å². The Morgan fingerprint density at radius 3 is 2.15 bits per heavy atom. The maximum absolute atomic E-state index is 12.6. The van der Waals surface area contributed by atoms with E-state index >= 15 is 0 Å². The summed E-state index contributed by atoms with van der Waals surface area (Å²) in [5.41, 5.74) is 0. The number of ether oxygens (including phenoxy) is 2. The van der Waals surface area contributed by atoms with Gasteiger partial charge in [-0.1, -0.05) is 31.4 Å². The second-order valence-electron chi connectivity index (χ2n) is 7.21. The predicted octanol–water partition coefficient (Wildman–Crippen LogP) is 2.72. The van der Waals surface area contributed by atoms with E-state index in [1.807, 2.05) is 30.0 Å². The third kappa shape index (κ3) is 5.15. The largest absolute Gasteiger partial charge is 0.490 e. The minimum Gasteiger partial charge on any atom is -0.490 e. The molecule has 1 aliphatic heterocycles. The number of nitrogens with zero attached hydrogens (tertiary/aromatic N) is 2. The van der Waals surface area contributed by atoms with Crippen molar-refractivity contribution in [2.45, 2.75) is 39.0 Å². The highest BCUT2D eigenvalue weighted by Gasteiger charge is 2.29. The van der Waals surface area contributed by atoms with Crippen LogP contribution in [0.4, 0.5) is 0 Å². The zero-order valence-corrected chi connectivity index (χ0v) is 16.2. The average Bonchev–Trinajstić information content (AvgIpc) is 2.73. The number of carbonyl (C=O) groups excluding carboxylic acids is 2. The van der Waals surface area contributed by atoms with E-state index in [1.165, 1.54) is 6.42 Å². The molecule has 1 heterocycles. The van der Waals surface area contributed by atoms with E-state index in [0.717, 1.165) is 25.7 Å². The van der Waals surface area contributed by atoms with Gasteiger partial charge in [0.05, 0.1) is 6.61 Å². The van der Waals surface area contributed by atoms with Gasteiger partial charge in [-0.2, -0.15) is 0 Å². The highest BCUT2D eigenvalue weighted by atomic mass is 16.5. The predicted molar refractivity (Wildman–Crippen MR) is 103 cm³/mol. The lowest BCUT2D eigenvalue weighted by molar-refractivity contribution is -0.143. The zero-order valence-electron chi connectivity index (χ0n) is 16.2. The van der Waals surface area contributed by atoms with Crippen molar-refractivity contribution in [3.63, 3.8) is 0 Å². The highest BCUT2D eigenvalue weighted by Crippen LogP contribution is 2.27. The topological polar surface area (TPSA) is 59.1 Å². The van der Waals surface area contributed by atoms with Crippen molar-refractivity contribution in [2.24, 2.45) is 5.92 Å². The van der Waals surface area contributed by atoms with Gasteiger partial charge in [-0.3, -0.25) is 9.59 Å². The van der Waals surface area contributed by atoms with E-state index in [-0.39, 0.29) is 24.3 Å². The Balaban J connectivity index is 1.45. The molecule has 6 nitrogen and oxygen atoms in total. The second kappa shape index (κ2) is 9.62. The van der Waals surface area contributed by atoms with Gasteiger partial charge in [-0.25, -0.2) is 0 Å². The molecular weight excluding hydrogens is 344 g/mol. The fourth-order valence-electron chi connectivity index (χ4n) is 3.86. The van der Waals surface area contributed by atoms with E-state index in [1.54, 1.807) is 11.0 Å². The van der Waals surface area contributed by atoms with E-state index in [0.29, 0.717) is 44.3 Å². The minimum absolute atomic E-state index is 0.0132. The van der Waals surface area contributed by atoms with Crippen LogP contribution in [-0.4, -0.2) is 61.0 Å². The van der Waals surface area contributed by atoms with Crippen LogP contribution in [0.5, 0.6) is 11.5 Å². The molecule has 1 saturated heterocycles. The molecule has 0 unspecified atom stereocenters. The Bertz CT molecular complexity index is 635. The second-order valence-corrected chi connectivity index (χ2v) is 7.21. The highest BCUT2D eigenvalue weighted by molar-refractivity contribution is 5.80. The fraction of sp³-hybridized carbons (Fsp3) is 0.619. The molecule has 0 radical (unpaired) electrons. The standard InChI is InChI=1S/C21H30N2O4/c1-2-26-18-10-6-7-11-19(18)27-16-20(24)22-12-14-23(15-13-22)21(25)17-8-4-3-5-9-17/h6-7,10-11,17H,2-5,8-9,12-16H2,1H3. The van der Waals surface area contributed by atoms with Crippen molar-refractivity contribution in [1.82, 2.24) is 9.80 Å². The summed E-state index contributed by atoms with van der Waals surface area (Å²) in [6, 6.07) is 7.37. The van der Waals surface area contributed by atoms with Gasteiger partial charge < -0.3 is 19.3 Å². The molecule has 3 rings (SSSR count). The molecule has 0 aromatic heterocycles. The Morgan fingerprint density at radius 1 is 0.926 bits per heavy atom. The number of hydrogen-bond donors (Lipinski definition) is 0. The van der Waals surface area contributed by atoms with Crippen molar-refractivity contribution in [3.05, 3.63) is 24.3 Å². The van der Waals surface area contributed by atoms with Gasteiger partial charge in [0.15, 0.2) is 18.1 Å². The number of para-hydroxylation sites is 2. The lowest BCUT2D eigenvalue weighted by Gasteiger charge is -2.37. The molecule has 1 aliphatic carbocycles. The van der Waals surface area contributed by atoms with Gasteiger partial charge in [-0.15, -0.1) is 0 Å². The maximum atomic E-state index is 12.6. The van der Waals surface area contributed by atoms with Gasteiger partial charge in [0, 0.05) is 32.1 Å². The Hall–Kier alpha value is -2.24. The average molecular weight is 374 g/mol. The molecule has 0 bridgehead atoms. The lowest BCUT2D eigenvalue weighted by Crippen LogP contribution is -2.53. The molecule has 2 aliphatic rings. The Kier molecular flexibility index (Phi) is 6.96. The number of amides is 2. The molecule has 0 spiro atoms. The van der Waals surface area contributed by atoms with Crippen LogP contribution in [0.3, 0.4) is 0 Å². The minimum atomic E-state index is -0.0499. The van der Waals surface area contributed by atoms with Crippen LogP contribution in [0, 0.1) is 5.92 Å². The van der Waals surface area contributed by atoms with Gasteiger partial charge in [0.25, 0.3) is 5.91 Å². The van der Waals surface area contributed by atoms with Crippen molar-refractivity contribution >= 4 is 11.8 Å². The van der Waals surface area contributed by atoms with E-state index in [9.17, 15) is 9.59 Å². The van der Waals surface area contributed by atoms with Crippen LogP contribution in [0.25, 0.3) is 0 Å². The molecule has 1 aromatic rings.